The molecule has 3 saturated carbocycles. The van der Waals surface area contributed by atoms with Crippen molar-refractivity contribution in [2.24, 2.45) is 34.3 Å². The summed E-state index contributed by atoms with van der Waals surface area (Å²) in [6.45, 7) is 4.58. The molecule has 3 fully saturated rings. The van der Waals surface area contributed by atoms with Gasteiger partial charge in [0.2, 0.25) is 0 Å². The number of aliphatic hydroxyl groups excluding tert-OH is 1. The zero-order valence-corrected chi connectivity index (χ0v) is 13.6. The molecule has 4 aliphatic rings. The molecule has 0 bridgehead atoms. The zero-order valence-electron chi connectivity index (χ0n) is 13.6. The van der Waals surface area contributed by atoms with Crippen molar-refractivity contribution in [2.45, 2.75) is 58.1 Å². The van der Waals surface area contributed by atoms with Crippen LogP contribution in [0.25, 0.3) is 0 Å². The number of nitrogens with two attached hydrogens (primary N) is 1. The summed E-state index contributed by atoms with van der Waals surface area (Å²) in [6.07, 6.45) is 10.3. The molecule has 0 aromatic rings. The smallest absolute Gasteiger partial charge is 0.140 e. The molecule has 4 rings (SSSR count). The second-order valence-electron chi connectivity index (χ2n) is 8.43. The second-order valence-corrected chi connectivity index (χ2v) is 8.43. The molecule has 120 valence electrons. The normalized spacial score (nSPS) is 53.5. The van der Waals surface area contributed by atoms with E-state index in [1.165, 1.54) is 0 Å². The van der Waals surface area contributed by atoms with E-state index in [-0.39, 0.29) is 22.8 Å². The lowest BCUT2D eigenvalue weighted by atomic mass is 9.48. The minimum atomic E-state index is -0.527. The molecule has 7 atom stereocenters. The molecule has 2 unspecified atom stereocenters. The first kappa shape index (κ1) is 14.6. The number of hydrogen-bond acceptors (Lipinski definition) is 3. The summed E-state index contributed by atoms with van der Waals surface area (Å²) < 4.78 is 0. The lowest BCUT2D eigenvalue weighted by Crippen LogP contribution is -2.54. The van der Waals surface area contributed by atoms with E-state index in [1.54, 1.807) is 0 Å². The Morgan fingerprint density at radius 3 is 2.77 bits per heavy atom. The Bertz CT molecular complexity index is 580. The van der Waals surface area contributed by atoms with Gasteiger partial charge in [0, 0.05) is 23.8 Å². The number of allylic oxidation sites excluding steroid dienone is 2. The summed E-state index contributed by atoms with van der Waals surface area (Å²) in [6, 6.07) is 0.250. The number of fused-ring (bicyclic) bond motifs is 5. The highest BCUT2D eigenvalue weighted by molar-refractivity contribution is 5.86. The van der Waals surface area contributed by atoms with Crippen LogP contribution in [0.3, 0.4) is 0 Å². The third kappa shape index (κ3) is 1.73. The summed E-state index contributed by atoms with van der Waals surface area (Å²) in [5.41, 5.74) is 7.64. The van der Waals surface area contributed by atoms with Crippen LogP contribution in [0.2, 0.25) is 0 Å². The van der Waals surface area contributed by atoms with E-state index in [2.05, 4.69) is 19.9 Å². The summed E-state index contributed by atoms with van der Waals surface area (Å²) in [4.78, 5) is 12.9. The van der Waals surface area contributed by atoms with Crippen LogP contribution in [-0.2, 0) is 4.79 Å². The monoisotopic (exact) mass is 301 g/mol. The van der Waals surface area contributed by atoms with Crippen LogP contribution < -0.4 is 5.73 Å². The van der Waals surface area contributed by atoms with Crippen molar-refractivity contribution in [3.05, 3.63) is 23.8 Å². The second kappa shape index (κ2) is 4.55. The number of aliphatic hydroxyl groups is 1. The van der Waals surface area contributed by atoms with Gasteiger partial charge in [0.1, 0.15) is 5.78 Å². The minimum absolute atomic E-state index is 0.0498. The van der Waals surface area contributed by atoms with E-state index in [4.69, 9.17) is 5.73 Å². The van der Waals surface area contributed by atoms with Crippen molar-refractivity contribution >= 4 is 5.78 Å². The van der Waals surface area contributed by atoms with Gasteiger partial charge in [0.05, 0.1) is 6.10 Å². The van der Waals surface area contributed by atoms with Gasteiger partial charge in [-0.1, -0.05) is 37.6 Å². The van der Waals surface area contributed by atoms with Gasteiger partial charge in [-0.15, -0.1) is 0 Å². The molecule has 3 heteroatoms. The molecule has 0 amide bonds. The van der Waals surface area contributed by atoms with E-state index >= 15 is 0 Å². The molecule has 0 aromatic heterocycles. The molecule has 0 heterocycles. The predicted molar refractivity (Wildman–Crippen MR) is 86.0 cm³/mol. The highest BCUT2D eigenvalue weighted by Gasteiger charge is 2.60. The standard InChI is InChI=1S/C19H27NO2/c1-18-7-5-12(21)9-11(18)10-15(22)17-13-3-4-16(20)19(13,2)8-6-14(17)18/h5,7,9,12-14,16-17,21H,3-4,6,8,10,20H2,1-2H3/t12?,13-,14+,16?,17-,18-,19-/m0/s1. The Morgan fingerprint density at radius 2 is 2.00 bits per heavy atom. The minimum Gasteiger partial charge on any atom is -0.385 e. The number of carbonyl (C=O) groups excluding carboxylic acids is 1. The van der Waals surface area contributed by atoms with E-state index < -0.39 is 6.10 Å². The fourth-order valence-electron chi connectivity index (χ4n) is 6.07. The molecule has 0 spiro atoms. The maximum absolute atomic E-state index is 12.9. The Morgan fingerprint density at radius 1 is 1.23 bits per heavy atom. The molecular formula is C19H27NO2. The van der Waals surface area contributed by atoms with Gasteiger partial charge in [0.25, 0.3) is 0 Å². The van der Waals surface area contributed by atoms with Crippen LogP contribution in [0.5, 0.6) is 0 Å². The van der Waals surface area contributed by atoms with E-state index in [9.17, 15) is 9.90 Å². The number of rotatable bonds is 0. The van der Waals surface area contributed by atoms with Gasteiger partial charge in [0.15, 0.2) is 0 Å². The maximum atomic E-state index is 12.9. The van der Waals surface area contributed by atoms with Gasteiger partial charge < -0.3 is 10.8 Å². The molecule has 3 N–H and O–H groups in total. The predicted octanol–water partition coefficient (Wildman–Crippen LogP) is 2.59. The van der Waals surface area contributed by atoms with Crippen LogP contribution in [0.4, 0.5) is 0 Å². The Balaban J connectivity index is 1.75. The van der Waals surface area contributed by atoms with Crippen molar-refractivity contribution < 1.29 is 9.90 Å². The first-order valence-electron chi connectivity index (χ1n) is 8.73. The summed E-state index contributed by atoms with van der Waals surface area (Å²) in [5.74, 6) is 1.38. The molecule has 0 aliphatic heterocycles. The highest BCUT2D eigenvalue weighted by Crippen LogP contribution is 2.63. The maximum Gasteiger partial charge on any atom is 0.140 e. The van der Waals surface area contributed by atoms with Gasteiger partial charge in [-0.3, -0.25) is 4.79 Å². The highest BCUT2D eigenvalue weighted by atomic mass is 16.3. The van der Waals surface area contributed by atoms with E-state index in [0.29, 0.717) is 24.0 Å². The SMILES string of the molecule is C[C@]12C=CC(O)C=C1CC(=O)[C@@H]1[C@H]2CC[C@]2(C)C(N)CC[C@@H]12. The molecule has 0 saturated heterocycles. The summed E-state index contributed by atoms with van der Waals surface area (Å²) >= 11 is 0. The van der Waals surface area contributed by atoms with Crippen LogP contribution in [-0.4, -0.2) is 23.0 Å². The average Bonchev–Trinajstić information content (AvgIpc) is 2.77. The Kier molecular flexibility index (Phi) is 3.03. The lowest BCUT2D eigenvalue weighted by Gasteiger charge is -2.56. The zero-order chi connectivity index (χ0) is 15.7. The van der Waals surface area contributed by atoms with Crippen LogP contribution in [0.1, 0.15) is 46.0 Å². The fourth-order valence-corrected chi connectivity index (χ4v) is 6.07. The first-order valence-corrected chi connectivity index (χ1v) is 8.73. The Hall–Kier alpha value is -0.930. The van der Waals surface area contributed by atoms with Crippen molar-refractivity contribution in [2.75, 3.05) is 0 Å². The number of Topliss-reactive ketones (excluding diaryl/α,β-unsaturated/α-hetero) is 1. The lowest BCUT2D eigenvalue weighted by molar-refractivity contribution is -0.136. The first-order chi connectivity index (χ1) is 10.4. The summed E-state index contributed by atoms with van der Waals surface area (Å²) in [5, 5.41) is 9.88. The molecule has 22 heavy (non-hydrogen) atoms. The average molecular weight is 301 g/mol. The molecule has 3 nitrogen and oxygen atoms in total. The summed E-state index contributed by atoms with van der Waals surface area (Å²) in [7, 11) is 0. The molecule has 4 aliphatic carbocycles. The third-order valence-electron chi connectivity index (χ3n) is 7.55. The van der Waals surface area contributed by atoms with Gasteiger partial charge in [-0.2, -0.15) is 0 Å². The number of carbonyl (C=O) groups is 1. The molecule has 0 aromatic carbocycles. The van der Waals surface area contributed by atoms with Gasteiger partial charge >= 0.3 is 0 Å². The van der Waals surface area contributed by atoms with E-state index in [0.717, 1.165) is 31.3 Å². The van der Waals surface area contributed by atoms with Crippen LogP contribution in [0, 0.1) is 28.6 Å². The number of ketones is 1. The van der Waals surface area contributed by atoms with Crippen LogP contribution >= 0.6 is 0 Å². The van der Waals surface area contributed by atoms with E-state index in [1.807, 2.05) is 12.2 Å². The fraction of sp³-hybridized carbons (Fsp3) is 0.737. The van der Waals surface area contributed by atoms with Crippen LogP contribution in [0.15, 0.2) is 23.8 Å². The Labute approximate surface area is 132 Å². The molecular weight excluding hydrogens is 274 g/mol. The van der Waals surface area contributed by atoms with Crippen molar-refractivity contribution in [3.63, 3.8) is 0 Å². The van der Waals surface area contributed by atoms with Gasteiger partial charge in [-0.25, -0.2) is 0 Å². The third-order valence-corrected chi connectivity index (χ3v) is 7.55. The van der Waals surface area contributed by atoms with Crippen molar-refractivity contribution in [1.29, 1.82) is 0 Å². The largest absolute Gasteiger partial charge is 0.385 e. The topological polar surface area (TPSA) is 63.3 Å². The van der Waals surface area contributed by atoms with Gasteiger partial charge in [-0.05, 0) is 42.9 Å². The van der Waals surface area contributed by atoms with Crippen molar-refractivity contribution in [1.82, 2.24) is 0 Å². The quantitative estimate of drug-likeness (QED) is 0.676. The number of hydrogen-bond donors (Lipinski definition) is 2. The van der Waals surface area contributed by atoms with Crippen molar-refractivity contribution in [3.8, 4) is 0 Å². The molecule has 0 radical (unpaired) electrons.